The number of carbonyl (C=O) groups excluding carboxylic acids is 1. The molecule has 1 amide bonds. The van der Waals surface area contributed by atoms with Crippen molar-refractivity contribution in [3.8, 4) is 0 Å². The van der Waals surface area contributed by atoms with Crippen molar-refractivity contribution in [2.75, 3.05) is 27.2 Å². The van der Waals surface area contributed by atoms with Gasteiger partial charge in [-0.05, 0) is 26.5 Å². The van der Waals surface area contributed by atoms with Gasteiger partial charge in [0.2, 0.25) is 5.91 Å². The molecule has 17 heavy (non-hydrogen) atoms. The van der Waals surface area contributed by atoms with Crippen LogP contribution in [0.4, 0.5) is 0 Å². The summed E-state index contributed by atoms with van der Waals surface area (Å²) < 4.78 is 0. The van der Waals surface area contributed by atoms with Gasteiger partial charge in [0.05, 0.1) is 5.92 Å². The lowest BCUT2D eigenvalue weighted by Gasteiger charge is -2.21. The van der Waals surface area contributed by atoms with Crippen molar-refractivity contribution in [1.29, 1.82) is 0 Å². The maximum Gasteiger partial charge on any atom is 0.229 e. The number of nitrogens with one attached hydrogen (secondary N) is 1. The number of hydrogen-bond donors (Lipinski definition) is 1. The fourth-order valence-corrected chi connectivity index (χ4v) is 1.80. The van der Waals surface area contributed by atoms with Crippen LogP contribution in [0.15, 0.2) is 24.3 Å². The largest absolute Gasteiger partial charge is 0.344 e. The fraction of sp³-hybridized carbons (Fsp3) is 0.500. The van der Waals surface area contributed by atoms with E-state index in [0.717, 1.165) is 18.7 Å². The van der Waals surface area contributed by atoms with Crippen molar-refractivity contribution in [2.24, 2.45) is 0 Å². The Morgan fingerprint density at radius 2 is 2.18 bits per heavy atom. The molecule has 1 N–H and O–H groups in total. The van der Waals surface area contributed by atoms with E-state index in [1.54, 1.807) is 4.90 Å². The number of aryl methyl sites for hydroxylation is 1. The molecule has 0 heterocycles. The number of amides is 1. The summed E-state index contributed by atoms with van der Waals surface area (Å²) in [6.45, 7) is 5.58. The molecule has 1 unspecified atom stereocenters. The van der Waals surface area contributed by atoms with Crippen LogP contribution in [0.3, 0.4) is 0 Å². The van der Waals surface area contributed by atoms with Crippen LogP contribution < -0.4 is 5.32 Å². The summed E-state index contributed by atoms with van der Waals surface area (Å²) in [7, 11) is 3.74. The van der Waals surface area contributed by atoms with Gasteiger partial charge in [0.15, 0.2) is 0 Å². The predicted molar refractivity (Wildman–Crippen MR) is 71.2 cm³/mol. The monoisotopic (exact) mass is 234 g/mol. The van der Waals surface area contributed by atoms with Crippen LogP contribution in [0.1, 0.15) is 24.0 Å². The topological polar surface area (TPSA) is 32.3 Å². The summed E-state index contributed by atoms with van der Waals surface area (Å²) in [6.07, 6.45) is 0. The van der Waals surface area contributed by atoms with Crippen LogP contribution in [0.25, 0.3) is 0 Å². The first-order valence-corrected chi connectivity index (χ1v) is 6.02. The lowest BCUT2D eigenvalue weighted by Crippen LogP contribution is -2.35. The second-order valence-corrected chi connectivity index (χ2v) is 4.50. The number of hydrogen-bond acceptors (Lipinski definition) is 2. The average Bonchev–Trinajstić information content (AvgIpc) is 2.34. The summed E-state index contributed by atoms with van der Waals surface area (Å²) in [4.78, 5) is 13.9. The first kappa shape index (κ1) is 13.7. The molecule has 0 spiro atoms. The second kappa shape index (κ2) is 6.40. The van der Waals surface area contributed by atoms with E-state index in [4.69, 9.17) is 0 Å². The van der Waals surface area contributed by atoms with Gasteiger partial charge in [-0.15, -0.1) is 0 Å². The van der Waals surface area contributed by atoms with Crippen molar-refractivity contribution in [3.05, 3.63) is 35.4 Å². The first-order valence-electron chi connectivity index (χ1n) is 6.02. The van der Waals surface area contributed by atoms with E-state index in [1.807, 2.05) is 46.1 Å². The first-order chi connectivity index (χ1) is 8.06. The molecule has 3 heteroatoms. The van der Waals surface area contributed by atoms with Crippen LogP contribution in [-0.2, 0) is 4.79 Å². The molecule has 1 aromatic carbocycles. The SMILES string of the molecule is CNCCN(C)C(=O)C(C)c1cccc(C)c1. The quantitative estimate of drug-likeness (QED) is 0.842. The van der Waals surface area contributed by atoms with E-state index in [9.17, 15) is 4.79 Å². The highest BCUT2D eigenvalue weighted by molar-refractivity contribution is 5.83. The van der Waals surface area contributed by atoms with Crippen LogP contribution in [0.5, 0.6) is 0 Å². The van der Waals surface area contributed by atoms with Gasteiger partial charge in [0, 0.05) is 20.1 Å². The van der Waals surface area contributed by atoms with Gasteiger partial charge in [0.25, 0.3) is 0 Å². The Labute approximate surface area is 104 Å². The minimum Gasteiger partial charge on any atom is -0.344 e. The predicted octanol–water partition coefficient (Wildman–Crippen LogP) is 1.78. The van der Waals surface area contributed by atoms with E-state index in [0.29, 0.717) is 0 Å². The summed E-state index contributed by atoms with van der Waals surface area (Å²) in [6, 6.07) is 8.14. The minimum atomic E-state index is -0.0724. The summed E-state index contributed by atoms with van der Waals surface area (Å²) >= 11 is 0. The third kappa shape index (κ3) is 3.86. The molecule has 1 atom stereocenters. The molecule has 1 rings (SSSR count). The second-order valence-electron chi connectivity index (χ2n) is 4.50. The molecular weight excluding hydrogens is 212 g/mol. The van der Waals surface area contributed by atoms with E-state index < -0.39 is 0 Å². The number of benzene rings is 1. The molecule has 0 aliphatic carbocycles. The molecule has 94 valence electrons. The normalized spacial score (nSPS) is 12.2. The number of nitrogens with zero attached hydrogens (tertiary/aromatic N) is 1. The van der Waals surface area contributed by atoms with Crippen LogP contribution >= 0.6 is 0 Å². The minimum absolute atomic E-state index is 0.0724. The van der Waals surface area contributed by atoms with Gasteiger partial charge in [0.1, 0.15) is 0 Å². The zero-order valence-electron chi connectivity index (χ0n) is 11.2. The molecule has 1 aromatic rings. The Morgan fingerprint density at radius 3 is 2.76 bits per heavy atom. The lowest BCUT2D eigenvalue weighted by molar-refractivity contribution is -0.131. The highest BCUT2D eigenvalue weighted by Gasteiger charge is 2.18. The molecule has 0 radical (unpaired) electrons. The van der Waals surface area contributed by atoms with Crippen molar-refractivity contribution in [3.63, 3.8) is 0 Å². The molecule has 3 nitrogen and oxygen atoms in total. The van der Waals surface area contributed by atoms with E-state index in [1.165, 1.54) is 5.56 Å². The number of likely N-dealkylation sites (N-methyl/N-ethyl adjacent to an activating group) is 2. The van der Waals surface area contributed by atoms with E-state index in [-0.39, 0.29) is 11.8 Å². The van der Waals surface area contributed by atoms with E-state index in [2.05, 4.69) is 11.4 Å². The molecule has 0 saturated heterocycles. The summed E-state index contributed by atoms with van der Waals surface area (Å²) in [5, 5.41) is 3.05. The Bertz CT molecular complexity index is 376. The molecular formula is C14H22N2O. The Kier molecular flexibility index (Phi) is 5.16. The van der Waals surface area contributed by atoms with Crippen molar-refractivity contribution in [1.82, 2.24) is 10.2 Å². The Morgan fingerprint density at radius 1 is 1.47 bits per heavy atom. The third-order valence-electron chi connectivity index (χ3n) is 2.99. The molecule has 0 bridgehead atoms. The van der Waals surface area contributed by atoms with Gasteiger partial charge in [-0.3, -0.25) is 4.79 Å². The molecule has 0 saturated carbocycles. The van der Waals surface area contributed by atoms with Crippen LogP contribution in [-0.4, -0.2) is 38.0 Å². The maximum atomic E-state index is 12.2. The zero-order valence-corrected chi connectivity index (χ0v) is 11.2. The van der Waals surface area contributed by atoms with Crippen molar-refractivity contribution >= 4 is 5.91 Å². The van der Waals surface area contributed by atoms with Crippen LogP contribution in [0.2, 0.25) is 0 Å². The van der Waals surface area contributed by atoms with Gasteiger partial charge in [-0.1, -0.05) is 29.8 Å². The van der Waals surface area contributed by atoms with Gasteiger partial charge in [-0.25, -0.2) is 0 Å². The summed E-state index contributed by atoms with van der Waals surface area (Å²) in [5.41, 5.74) is 2.28. The third-order valence-corrected chi connectivity index (χ3v) is 2.99. The van der Waals surface area contributed by atoms with Gasteiger partial charge >= 0.3 is 0 Å². The zero-order chi connectivity index (χ0) is 12.8. The van der Waals surface area contributed by atoms with Crippen molar-refractivity contribution in [2.45, 2.75) is 19.8 Å². The lowest BCUT2D eigenvalue weighted by atomic mass is 9.98. The van der Waals surface area contributed by atoms with Gasteiger partial charge in [-0.2, -0.15) is 0 Å². The summed E-state index contributed by atoms with van der Waals surface area (Å²) in [5.74, 6) is 0.0996. The highest BCUT2D eigenvalue weighted by Crippen LogP contribution is 2.18. The van der Waals surface area contributed by atoms with Crippen LogP contribution in [0, 0.1) is 6.92 Å². The smallest absolute Gasteiger partial charge is 0.229 e. The molecule has 0 aliphatic heterocycles. The fourth-order valence-electron chi connectivity index (χ4n) is 1.80. The Balaban J connectivity index is 2.69. The van der Waals surface area contributed by atoms with E-state index >= 15 is 0 Å². The molecule has 0 aromatic heterocycles. The maximum absolute atomic E-state index is 12.2. The molecule has 0 aliphatic rings. The number of carbonyl (C=O) groups is 1. The average molecular weight is 234 g/mol. The Hall–Kier alpha value is -1.35. The highest BCUT2D eigenvalue weighted by atomic mass is 16.2. The standard InChI is InChI=1S/C14H22N2O/c1-11-6-5-7-13(10-11)12(2)14(17)16(4)9-8-15-3/h5-7,10,12,15H,8-9H2,1-4H3. The van der Waals surface area contributed by atoms with Crippen molar-refractivity contribution < 1.29 is 4.79 Å². The molecule has 0 fully saturated rings. The van der Waals surface area contributed by atoms with Gasteiger partial charge < -0.3 is 10.2 Å². The number of rotatable bonds is 5.